The lowest BCUT2D eigenvalue weighted by molar-refractivity contribution is -0.137. The number of aromatic nitrogens is 1. The van der Waals surface area contributed by atoms with E-state index in [9.17, 15) is 22.8 Å². The van der Waals surface area contributed by atoms with E-state index in [4.69, 9.17) is 4.74 Å². The molecule has 0 aliphatic rings. The van der Waals surface area contributed by atoms with E-state index in [1.165, 1.54) is 24.3 Å². The van der Waals surface area contributed by atoms with Crippen molar-refractivity contribution in [2.24, 2.45) is 0 Å². The van der Waals surface area contributed by atoms with Crippen molar-refractivity contribution in [1.82, 2.24) is 4.98 Å². The molecule has 0 spiro atoms. The SMILES string of the molecule is Cc1ccc(C(=O)Nc2cccc(C(F)(F)F)c2)cc1NC(=O)COCc1cccnc1. The van der Waals surface area contributed by atoms with Gasteiger partial charge in [-0.3, -0.25) is 14.6 Å². The van der Waals surface area contributed by atoms with E-state index in [1.807, 2.05) is 6.07 Å². The number of aryl methyl sites for hydroxylation is 1. The molecule has 0 bridgehead atoms. The normalized spacial score (nSPS) is 11.1. The third kappa shape index (κ3) is 6.39. The summed E-state index contributed by atoms with van der Waals surface area (Å²) in [5, 5.41) is 5.12. The van der Waals surface area contributed by atoms with Crippen LogP contribution in [-0.4, -0.2) is 23.4 Å². The summed E-state index contributed by atoms with van der Waals surface area (Å²) in [6.07, 6.45) is -1.25. The van der Waals surface area contributed by atoms with Crippen molar-refractivity contribution >= 4 is 23.2 Å². The van der Waals surface area contributed by atoms with E-state index in [2.05, 4.69) is 15.6 Å². The number of alkyl halides is 3. The van der Waals surface area contributed by atoms with Crippen LogP contribution in [0.4, 0.5) is 24.5 Å². The molecule has 0 saturated heterocycles. The van der Waals surface area contributed by atoms with Crippen molar-refractivity contribution in [3.05, 3.63) is 89.2 Å². The highest BCUT2D eigenvalue weighted by atomic mass is 19.4. The molecule has 6 nitrogen and oxygen atoms in total. The minimum absolute atomic E-state index is 0.0137. The molecular formula is C23H20F3N3O3. The first-order chi connectivity index (χ1) is 15.2. The third-order valence-corrected chi connectivity index (χ3v) is 4.45. The van der Waals surface area contributed by atoms with Crippen LogP contribution in [0.3, 0.4) is 0 Å². The van der Waals surface area contributed by atoms with Gasteiger partial charge in [-0.25, -0.2) is 0 Å². The molecule has 1 heterocycles. The van der Waals surface area contributed by atoms with Crippen LogP contribution < -0.4 is 10.6 Å². The number of hydrogen-bond acceptors (Lipinski definition) is 4. The van der Waals surface area contributed by atoms with Gasteiger partial charge < -0.3 is 15.4 Å². The lowest BCUT2D eigenvalue weighted by Crippen LogP contribution is -2.19. The van der Waals surface area contributed by atoms with Crippen LogP contribution in [0.5, 0.6) is 0 Å². The molecule has 2 aromatic carbocycles. The van der Waals surface area contributed by atoms with Gasteiger partial charge in [0.1, 0.15) is 6.61 Å². The van der Waals surface area contributed by atoms with E-state index in [0.29, 0.717) is 11.3 Å². The van der Waals surface area contributed by atoms with Gasteiger partial charge in [0.05, 0.1) is 12.2 Å². The highest BCUT2D eigenvalue weighted by Gasteiger charge is 2.30. The summed E-state index contributed by atoms with van der Waals surface area (Å²) in [7, 11) is 0. The molecule has 0 saturated carbocycles. The second kappa shape index (κ2) is 10.1. The highest BCUT2D eigenvalue weighted by Crippen LogP contribution is 2.30. The van der Waals surface area contributed by atoms with Gasteiger partial charge in [0.25, 0.3) is 5.91 Å². The molecule has 1 aromatic heterocycles. The summed E-state index contributed by atoms with van der Waals surface area (Å²) < 4.78 is 44.0. The van der Waals surface area contributed by atoms with Crippen LogP contribution >= 0.6 is 0 Å². The summed E-state index contributed by atoms with van der Waals surface area (Å²) >= 11 is 0. The first-order valence-corrected chi connectivity index (χ1v) is 9.58. The minimum Gasteiger partial charge on any atom is -0.367 e. The number of rotatable bonds is 7. The van der Waals surface area contributed by atoms with Gasteiger partial charge >= 0.3 is 6.18 Å². The topological polar surface area (TPSA) is 80.3 Å². The quantitative estimate of drug-likeness (QED) is 0.549. The number of ether oxygens (including phenoxy) is 1. The monoisotopic (exact) mass is 443 g/mol. The predicted octanol–water partition coefficient (Wildman–Crippen LogP) is 4.82. The Bertz CT molecular complexity index is 1100. The van der Waals surface area contributed by atoms with E-state index in [-0.39, 0.29) is 24.5 Å². The number of pyridine rings is 1. The van der Waals surface area contributed by atoms with Gasteiger partial charge in [0.15, 0.2) is 0 Å². The fraction of sp³-hybridized carbons (Fsp3) is 0.174. The van der Waals surface area contributed by atoms with Crippen LogP contribution in [0.2, 0.25) is 0 Å². The third-order valence-electron chi connectivity index (χ3n) is 4.45. The lowest BCUT2D eigenvalue weighted by Gasteiger charge is -2.12. The average Bonchev–Trinajstić information content (AvgIpc) is 2.75. The largest absolute Gasteiger partial charge is 0.416 e. The fourth-order valence-corrected chi connectivity index (χ4v) is 2.81. The van der Waals surface area contributed by atoms with Gasteiger partial charge in [0, 0.05) is 29.3 Å². The number of amides is 2. The fourth-order valence-electron chi connectivity index (χ4n) is 2.81. The summed E-state index contributed by atoms with van der Waals surface area (Å²) in [5.74, 6) is -1.01. The Hall–Kier alpha value is -3.72. The van der Waals surface area contributed by atoms with Gasteiger partial charge in [-0.2, -0.15) is 13.2 Å². The number of nitrogens with one attached hydrogen (secondary N) is 2. The van der Waals surface area contributed by atoms with Gasteiger partial charge in [-0.15, -0.1) is 0 Å². The summed E-state index contributed by atoms with van der Waals surface area (Å²) in [4.78, 5) is 28.7. The van der Waals surface area contributed by atoms with Crippen molar-refractivity contribution in [2.75, 3.05) is 17.2 Å². The van der Waals surface area contributed by atoms with Crippen molar-refractivity contribution < 1.29 is 27.5 Å². The zero-order valence-electron chi connectivity index (χ0n) is 17.1. The van der Waals surface area contributed by atoms with Crippen LogP contribution in [-0.2, 0) is 22.3 Å². The Labute approximate surface area is 182 Å². The Balaban J connectivity index is 1.62. The Morgan fingerprint density at radius 2 is 1.84 bits per heavy atom. The van der Waals surface area contributed by atoms with E-state index < -0.39 is 23.6 Å². The van der Waals surface area contributed by atoms with Gasteiger partial charge in [-0.05, 0) is 54.4 Å². The number of hydrogen-bond donors (Lipinski definition) is 2. The van der Waals surface area contributed by atoms with Crippen molar-refractivity contribution in [3.63, 3.8) is 0 Å². The molecule has 3 aromatic rings. The maximum atomic E-state index is 12.9. The predicted molar refractivity (Wildman–Crippen MR) is 113 cm³/mol. The molecule has 0 aliphatic carbocycles. The molecule has 3 rings (SSSR count). The first-order valence-electron chi connectivity index (χ1n) is 9.58. The number of nitrogens with zero attached hydrogens (tertiary/aromatic N) is 1. The molecule has 9 heteroatoms. The number of carbonyl (C=O) groups is 2. The number of benzene rings is 2. The van der Waals surface area contributed by atoms with Gasteiger partial charge in [0.2, 0.25) is 5.91 Å². The van der Waals surface area contributed by atoms with Crippen LogP contribution in [0.25, 0.3) is 0 Å². The molecule has 2 amide bonds. The first kappa shape index (κ1) is 23.0. The smallest absolute Gasteiger partial charge is 0.367 e. The molecule has 0 aliphatic heterocycles. The maximum Gasteiger partial charge on any atom is 0.416 e. The molecule has 0 radical (unpaired) electrons. The minimum atomic E-state index is -4.51. The summed E-state index contributed by atoms with van der Waals surface area (Å²) in [5.41, 5.74) is 1.26. The Kier molecular flexibility index (Phi) is 7.21. The second-order valence-electron chi connectivity index (χ2n) is 6.96. The summed E-state index contributed by atoms with van der Waals surface area (Å²) in [6, 6.07) is 12.5. The Morgan fingerprint density at radius 1 is 1.03 bits per heavy atom. The lowest BCUT2D eigenvalue weighted by atomic mass is 10.1. The van der Waals surface area contributed by atoms with Crippen LogP contribution in [0.1, 0.15) is 27.0 Å². The van der Waals surface area contributed by atoms with Crippen molar-refractivity contribution in [2.45, 2.75) is 19.7 Å². The average molecular weight is 443 g/mol. The van der Waals surface area contributed by atoms with E-state index in [1.54, 1.807) is 31.5 Å². The van der Waals surface area contributed by atoms with Crippen LogP contribution in [0.15, 0.2) is 67.0 Å². The van der Waals surface area contributed by atoms with Gasteiger partial charge in [-0.1, -0.05) is 18.2 Å². The second-order valence-corrected chi connectivity index (χ2v) is 6.96. The molecule has 0 fully saturated rings. The molecule has 0 atom stereocenters. The highest BCUT2D eigenvalue weighted by molar-refractivity contribution is 6.05. The molecule has 0 unspecified atom stereocenters. The number of carbonyl (C=O) groups excluding carboxylic acids is 2. The van der Waals surface area contributed by atoms with Crippen molar-refractivity contribution in [1.29, 1.82) is 0 Å². The molecule has 32 heavy (non-hydrogen) atoms. The number of halogens is 3. The summed E-state index contributed by atoms with van der Waals surface area (Å²) in [6.45, 7) is 1.77. The standard InChI is InChI=1S/C23H20F3N3O3/c1-15-7-8-17(22(31)28-19-6-2-5-18(11-19)23(24,25)26)10-20(15)29-21(30)14-32-13-16-4-3-9-27-12-16/h2-12H,13-14H2,1H3,(H,28,31)(H,29,30). The Morgan fingerprint density at radius 3 is 2.56 bits per heavy atom. The van der Waals surface area contributed by atoms with E-state index in [0.717, 1.165) is 17.7 Å². The molecule has 166 valence electrons. The zero-order valence-corrected chi connectivity index (χ0v) is 17.1. The zero-order chi connectivity index (χ0) is 23.1. The van der Waals surface area contributed by atoms with E-state index >= 15 is 0 Å². The molecule has 2 N–H and O–H groups in total. The van der Waals surface area contributed by atoms with Crippen molar-refractivity contribution in [3.8, 4) is 0 Å². The maximum absolute atomic E-state index is 12.9. The van der Waals surface area contributed by atoms with Crippen LogP contribution in [0, 0.1) is 6.92 Å². The number of anilines is 2. The molecular weight excluding hydrogens is 423 g/mol.